The minimum absolute atomic E-state index is 0.0657. The first-order valence-electron chi connectivity index (χ1n) is 7.28. The number of fused-ring (bicyclic) bond motifs is 2. The minimum Gasteiger partial charge on any atom is -0.369 e. The summed E-state index contributed by atoms with van der Waals surface area (Å²) in [5.41, 5.74) is 1.93. The summed E-state index contributed by atoms with van der Waals surface area (Å²) in [5.74, 6) is 0.385. The molecule has 2 atom stereocenters. The Hall–Kier alpha value is -1.31. The van der Waals surface area contributed by atoms with Crippen molar-refractivity contribution in [1.29, 1.82) is 0 Å². The number of benzene rings is 1. The van der Waals surface area contributed by atoms with Crippen molar-refractivity contribution in [2.45, 2.75) is 12.5 Å². The molecular weight excluding hydrogens is 324 g/mol. The van der Waals surface area contributed by atoms with Crippen LogP contribution in [-0.2, 0) is 10.0 Å². The molecule has 0 bridgehead atoms. The highest BCUT2D eigenvalue weighted by molar-refractivity contribution is 7.88. The number of sulfonamides is 1. The summed E-state index contributed by atoms with van der Waals surface area (Å²) in [5, 5.41) is 8.70. The van der Waals surface area contributed by atoms with Crippen molar-refractivity contribution in [2.75, 3.05) is 30.8 Å². The Morgan fingerprint density at radius 3 is 2.95 bits per heavy atom. The van der Waals surface area contributed by atoms with Crippen LogP contribution in [0.25, 0.3) is 10.9 Å². The SMILES string of the molecule is CS(=O)(=O)N1CCC2CN(c3cc(Cl)cc4[nH]ncc34)CC21. The molecule has 6 nitrogen and oxygen atoms in total. The summed E-state index contributed by atoms with van der Waals surface area (Å²) in [6.45, 7) is 2.20. The fourth-order valence-corrected chi connectivity index (χ4v) is 5.17. The van der Waals surface area contributed by atoms with Crippen molar-refractivity contribution in [3.05, 3.63) is 23.4 Å². The maximum Gasteiger partial charge on any atom is 0.211 e. The molecule has 1 aromatic heterocycles. The average Bonchev–Trinajstić information content (AvgIpc) is 3.09. The van der Waals surface area contributed by atoms with Crippen molar-refractivity contribution >= 4 is 38.2 Å². The molecule has 0 saturated carbocycles. The molecule has 1 aromatic carbocycles. The van der Waals surface area contributed by atoms with E-state index in [1.54, 1.807) is 10.5 Å². The van der Waals surface area contributed by atoms with Crippen LogP contribution < -0.4 is 4.90 Å². The predicted molar refractivity (Wildman–Crippen MR) is 86.8 cm³/mol. The maximum atomic E-state index is 11.9. The third-order valence-corrected chi connectivity index (χ3v) is 6.29. The Labute approximate surface area is 134 Å². The summed E-state index contributed by atoms with van der Waals surface area (Å²) < 4.78 is 25.5. The van der Waals surface area contributed by atoms with Crippen molar-refractivity contribution in [1.82, 2.24) is 14.5 Å². The van der Waals surface area contributed by atoms with E-state index in [1.165, 1.54) is 6.26 Å². The van der Waals surface area contributed by atoms with Gasteiger partial charge in [0.25, 0.3) is 0 Å². The second-order valence-electron chi connectivity index (χ2n) is 6.15. The van der Waals surface area contributed by atoms with Crippen LogP contribution in [0.4, 0.5) is 5.69 Å². The van der Waals surface area contributed by atoms with Crippen LogP contribution in [-0.4, -0.2) is 54.9 Å². The second-order valence-corrected chi connectivity index (χ2v) is 8.52. The Kier molecular flexibility index (Phi) is 3.15. The topological polar surface area (TPSA) is 69.3 Å². The van der Waals surface area contributed by atoms with Gasteiger partial charge in [0.1, 0.15) is 0 Å². The van der Waals surface area contributed by atoms with E-state index in [1.807, 2.05) is 12.1 Å². The van der Waals surface area contributed by atoms with Gasteiger partial charge in [0, 0.05) is 41.8 Å². The zero-order valence-corrected chi connectivity index (χ0v) is 13.7. The predicted octanol–water partition coefficient (Wildman–Crippen LogP) is 1.69. The highest BCUT2D eigenvalue weighted by Crippen LogP contribution is 2.38. The van der Waals surface area contributed by atoms with E-state index in [-0.39, 0.29) is 6.04 Å². The van der Waals surface area contributed by atoms with Gasteiger partial charge in [0.05, 0.1) is 18.0 Å². The lowest BCUT2D eigenvalue weighted by atomic mass is 10.1. The van der Waals surface area contributed by atoms with Gasteiger partial charge in [0.2, 0.25) is 10.0 Å². The van der Waals surface area contributed by atoms with E-state index in [4.69, 9.17) is 11.6 Å². The summed E-state index contributed by atoms with van der Waals surface area (Å²) in [7, 11) is -3.14. The first-order valence-corrected chi connectivity index (χ1v) is 9.50. The molecule has 118 valence electrons. The number of hydrogen-bond acceptors (Lipinski definition) is 4. The van der Waals surface area contributed by atoms with Crippen LogP contribution in [0.3, 0.4) is 0 Å². The number of rotatable bonds is 2. The molecule has 2 aliphatic heterocycles. The summed E-state index contributed by atoms with van der Waals surface area (Å²) in [6, 6.07) is 3.86. The van der Waals surface area contributed by atoms with E-state index in [9.17, 15) is 8.42 Å². The van der Waals surface area contributed by atoms with Crippen LogP contribution in [0.5, 0.6) is 0 Å². The molecule has 4 rings (SSSR count). The number of aromatic nitrogens is 2. The van der Waals surface area contributed by atoms with Crippen LogP contribution in [0.1, 0.15) is 6.42 Å². The summed E-state index contributed by atoms with van der Waals surface area (Å²) >= 11 is 6.20. The maximum absolute atomic E-state index is 11.9. The molecule has 8 heteroatoms. The highest BCUT2D eigenvalue weighted by Gasteiger charge is 2.45. The molecule has 2 unspecified atom stereocenters. The van der Waals surface area contributed by atoms with Gasteiger partial charge in [-0.25, -0.2) is 8.42 Å². The number of nitrogens with zero attached hydrogens (tertiary/aromatic N) is 3. The van der Waals surface area contributed by atoms with Crippen molar-refractivity contribution in [2.24, 2.45) is 5.92 Å². The molecule has 22 heavy (non-hydrogen) atoms. The van der Waals surface area contributed by atoms with Crippen LogP contribution in [0.2, 0.25) is 5.02 Å². The Bertz CT molecular complexity index is 834. The lowest BCUT2D eigenvalue weighted by molar-refractivity contribution is 0.388. The number of anilines is 1. The quantitative estimate of drug-likeness (QED) is 0.903. The first kappa shape index (κ1) is 14.3. The fourth-order valence-electron chi connectivity index (χ4n) is 3.79. The smallest absolute Gasteiger partial charge is 0.211 e. The summed E-state index contributed by atoms with van der Waals surface area (Å²) in [6.07, 6.45) is 4.01. The van der Waals surface area contributed by atoms with Crippen molar-refractivity contribution in [3.8, 4) is 0 Å². The normalized spacial score (nSPS) is 26.0. The number of aromatic amines is 1. The van der Waals surface area contributed by atoms with Crippen molar-refractivity contribution in [3.63, 3.8) is 0 Å². The number of halogens is 1. The van der Waals surface area contributed by atoms with Gasteiger partial charge in [-0.1, -0.05) is 11.6 Å². The number of H-pyrrole nitrogens is 1. The van der Waals surface area contributed by atoms with E-state index < -0.39 is 10.0 Å². The molecular formula is C14H17ClN4O2S. The van der Waals surface area contributed by atoms with E-state index in [2.05, 4.69) is 15.1 Å². The third kappa shape index (κ3) is 2.19. The molecule has 0 radical (unpaired) electrons. The highest BCUT2D eigenvalue weighted by atomic mass is 35.5. The first-order chi connectivity index (χ1) is 10.4. The van der Waals surface area contributed by atoms with Gasteiger partial charge in [-0.3, -0.25) is 5.10 Å². The zero-order chi connectivity index (χ0) is 15.5. The average molecular weight is 341 g/mol. The molecule has 2 aliphatic rings. The molecule has 3 heterocycles. The molecule has 0 spiro atoms. The lowest BCUT2D eigenvalue weighted by Crippen LogP contribution is -2.39. The standard InChI is InChI=1S/C14H17ClN4O2S/c1-22(20,21)19-3-2-9-7-18(8-14(9)19)13-5-10(15)4-12-11(13)6-16-17-12/h4-6,9,14H,2-3,7-8H2,1H3,(H,16,17). The van der Waals surface area contributed by atoms with Gasteiger partial charge in [-0.15, -0.1) is 0 Å². The second kappa shape index (κ2) is 4.84. The Morgan fingerprint density at radius 1 is 1.36 bits per heavy atom. The van der Waals surface area contributed by atoms with E-state index in [0.29, 0.717) is 24.0 Å². The van der Waals surface area contributed by atoms with E-state index >= 15 is 0 Å². The van der Waals surface area contributed by atoms with Crippen LogP contribution in [0, 0.1) is 5.92 Å². The zero-order valence-electron chi connectivity index (χ0n) is 12.2. The van der Waals surface area contributed by atoms with Crippen molar-refractivity contribution < 1.29 is 8.42 Å². The molecule has 1 N–H and O–H groups in total. The molecule has 0 amide bonds. The van der Waals surface area contributed by atoms with E-state index in [0.717, 1.165) is 29.6 Å². The third-order valence-electron chi connectivity index (χ3n) is 4.76. The summed E-state index contributed by atoms with van der Waals surface area (Å²) in [4.78, 5) is 2.23. The van der Waals surface area contributed by atoms with Gasteiger partial charge in [0.15, 0.2) is 0 Å². The van der Waals surface area contributed by atoms with Crippen LogP contribution >= 0.6 is 11.6 Å². The largest absolute Gasteiger partial charge is 0.369 e. The van der Waals surface area contributed by atoms with Crippen LogP contribution in [0.15, 0.2) is 18.3 Å². The Balaban J connectivity index is 1.69. The van der Waals surface area contributed by atoms with Gasteiger partial charge in [-0.2, -0.15) is 9.40 Å². The molecule has 0 aliphatic carbocycles. The van der Waals surface area contributed by atoms with Gasteiger partial charge >= 0.3 is 0 Å². The minimum atomic E-state index is -3.14. The van der Waals surface area contributed by atoms with Gasteiger partial charge in [-0.05, 0) is 24.5 Å². The molecule has 2 aromatic rings. The lowest BCUT2D eigenvalue weighted by Gasteiger charge is -2.24. The monoisotopic (exact) mass is 340 g/mol. The molecule has 2 fully saturated rings. The number of nitrogens with one attached hydrogen (secondary N) is 1. The van der Waals surface area contributed by atoms with Gasteiger partial charge < -0.3 is 4.90 Å². The fraction of sp³-hybridized carbons (Fsp3) is 0.500. The number of hydrogen-bond donors (Lipinski definition) is 1. The molecule has 2 saturated heterocycles. The Morgan fingerprint density at radius 2 is 2.18 bits per heavy atom.